The highest BCUT2D eigenvalue weighted by molar-refractivity contribution is 7.79. The zero-order valence-corrected chi connectivity index (χ0v) is 11.0. The first-order chi connectivity index (χ1) is 8.61. The molecule has 0 heterocycles. The Morgan fingerprint density at radius 3 is 2.94 bits per heavy atom. The highest BCUT2D eigenvalue weighted by Gasteiger charge is 2.25. The molecule has 0 amide bonds. The minimum atomic E-state index is -1.94. The molecule has 2 rings (SSSR count). The Hall–Kier alpha value is -1.20. The fourth-order valence-corrected chi connectivity index (χ4v) is 2.73. The molecule has 0 spiro atoms. The second-order valence-electron chi connectivity index (χ2n) is 4.37. The summed E-state index contributed by atoms with van der Waals surface area (Å²) in [5.74, 6) is -0.221. The Kier molecular flexibility index (Phi) is 4.14. The molecule has 2 atom stereocenters. The van der Waals surface area contributed by atoms with Crippen molar-refractivity contribution in [3.8, 4) is 0 Å². The number of hydrogen-bond acceptors (Lipinski definition) is 3. The van der Waals surface area contributed by atoms with Gasteiger partial charge in [-0.15, -0.1) is 0 Å². The van der Waals surface area contributed by atoms with E-state index < -0.39 is 11.1 Å². The van der Waals surface area contributed by atoms with E-state index in [9.17, 15) is 9.00 Å². The SMILES string of the molecule is CCOC(=O)C1CCc2cc(S(=O)O)ccc2C1. The predicted molar refractivity (Wildman–Crippen MR) is 67.6 cm³/mol. The van der Waals surface area contributed by atoms with Crippen LogP contribution in [0.2, 0.25) is 0 Å². The molecular formula is C13H16O4S. The lowest BCUT2D eigenvalue weighted by Crippen LogP contribution is -2.24. The van der Waals surface area contributed by atoms with Crippen molar-refractivity contribution >= 4 is 17.0 Å². The quantitative estimate of drug-likeness (QED) is 0.672. The first kappa shape index (κ1) is 13.2. The van der Waals surface area contributed by atoms with Crippen molar-refractivity contribution in [1.29, 1.82) is 0 Å². The molecule has 18 heavy (non-hydrogen) atoms. The van der Waals surface area contributed by atoms with Gasteiger partial charge in [0.2, 0.25) is 0 Å². The summed E-state index contributed by atoms with van der Waals surface area (Å²) in [6, 6.07) is 5.24. The molecule has 1 aliphatic carbocycles. The van der Waals surface area contributed by atoms with Crippen molar-refractivity contribution in [2.75, 3.05) is 6.61 Å². The van der Waals surface area contributed by atoms with Crippen molar-refractivity contribution in [2.45, 2.75) is 31.1 Å². The van der Waals surface area contributed by atoms with E-state index in [1.54, 1.807) is 19.1 Å². The molecule has 5 heteroatoms. The van der Waals surface area contributed by atoms with Crippen LogP contribution in [0.5, 0.6) is 0 Å². The van der Waals surface area contributed by atoms with Crippen LogP contribution >= 0.6 is 0 Å². The lowest BCUT2D eigenvalue weighted by molar-refractivity contribution is -0.148. The average Bonchev–Trinajstić information content (AvgIpc) is 2.37. The number of hydrogen-bond donors (Lipinski definition) is 1. The fourth-order valence-electron chi connectivity index (χ4n) is 2.30. The topological polar surface area (TPSA) is 63.6 Å². The van der Waals surface area contributed by atoms with Gasteiger partial charge in [0.25, 0.3) is 0 Å². The third-order valence-electron chi connectivity index (χ3n) is 3.23. The van der Waals surface area contributed by atoms with Crippen LogP contribution in [0.25, 0.3) is 0 Å². The Bertz CT molecular complexity index is 484. The zero-order valence-electron chi connectivity index (χ0n) is 10.2. The third-order valence-corrected chi connectivity index (χ3v) is 3.88. The lowest BCUT2D eigenvalue weighted by atomic mass is 9.84. The number of carbonyl (C=O) groups excluding carboxylic acids is 1. The van der Waals surface area contributed by atoms with E-state index in [4.69, 9.17) is 9.29 Å². The lowest BCUT2D eigenvalue weighted by Gasteiger charge is -2.23. The van der Waals surface area contributed by atoms with E-state index in [1.165, 1.54) is 0 Å². The molecule has 4 nitrogen and oxygen atoms in total. The molecule has 0 fully saturated rings. The van der Waals surface area contributed by atoms with E-state index in [1.807, 2.05) is 6.07 Å². The average molecular weight is 268 g/mol. The second-order valence-corrected chi connectivity index (χ2v) is 5.34. The molecule has 0 saturated carbocycles. The Balaban J connectivity index is 2.16. The smallest absolute Gasteiger partial charge is 0.309 e. The van der Waals surface area contributed by atoms with Crippen molar-refractivity contribution in [1.82, 2.24) is 0 Å². The van der Waals surface area contributed by atoms with Crippen LogP contribution < -0.4 is 0 Å². The summed E-state index contributed by atoms with van der Waals surface area (Å²) in [6.45, 7) is 2.21. The molecule has 1 aromatic carbocycles. The van der Waals surface area contributed by atoms with Crippen LogP contribution in [-0.2, 0) is 33.5 Å². The van der Waals surface area contributed by atoms with Crippen molar-refractivity contribution in [3.63, 3.8) is 0 Å². The van der Waals surface area contributed by atoms with E-state index in [0.29, 0.717) is 17.9 Å². The van der Waals surface area contributed by atoms with Crippen LogP contribution in [0.1, 0.15) is 24.5 Å². The Morgan fingerprint density at radius 1 is 1.50 bits per heavy atom. The standard InChI is InChI=1S/C13H16O4S/c1-2-17-13(14)11-4-3-10-8-12(18(15)16)6-5-9(10)7-11/h5-6,8,11H,2-4,7H2,1H3,(H,15,16). The fraction of sp³-hybridized carbons (Fsp3) is 0.462. The van der Waals surface area contributed by atoms with Crippen LogP contribution in [-0.4, -0.2) is 21.3 Å². The van der Waals surface area contributed by atoms with E-state index in [2.05, 4.69) is 0 Å². The summed E-state index contributed by atoms with van der Waals surface area (Å²) >= 11 is -1.94. The van der Waals surface area contributed by atoms with Crippen LogP contribution in [0.3, 0.4) is 0 Å². The predicted octanol–water partition coefficient (Wildman–Crippen LogP) is 1.94. The summed E-state index contributed by atoms with van der Waals surface area (Å²) in [5, 5.41) is 0. The highest BCUT2D eigenvalue weighted by Crippen LogP contribution is 2.27. The maximum Gasteiger partial charge on any atom is 0.309 e. The third kappa shape index (κ3) is 2.79. The van der Waals surface area contributed by atoms with Gasteiger partial charge < -0.3 is 9.29 Å². The molecule has 2 unspecified atom stereocenters. The van der Waals surface area contributed by atoms with Gasteiger partial charge in [-0.05, 0) is 49.4 Å². The van der Waals surface area contributed by atoms with Gasteiger partial charge in [0.05, 0.1) is 17.4 Å². The van der Waals surface area contributed by atoms with E-state index in [0.717, 1.165) is 24.0 Å². The first-order valence-corrected chi connectivity index (χ1v) is 7.11. The Labute approximate surface area is 109 Å². The molecule has 0 aliphatic heterocycles. The monoisotopic (exact) mass is 268 g/mol. The minimum Gasteiger partial charge on any atom is -0.466 e. The number of rotatable bonds is 3. The second kappa shape index (κ2) is 5.63. The van der Waals surface area contributed by atoms with Crippen molar-refractivity contribution in [2.24, 2.45) is 5.92 Å². The van der Waals surface area contributed by atoms with Gasteiger partial charge in [0, 0.05) is 0 Å². The minimum absolute atomic E-state index is 0.0806. The van der Waals surface area contributed by atoms with Gasteiger partial charge in [-0.25, -0.2) is 4.21 Å². The number of esters is 1. The summed E-state index contributed by atoms with van der Waals surface area (Å²) in [4.78, 5) is 12.1. The zero-order chi connectivity index (χ0) is 13.1. The van der Waals surface area contributed by atoms with Crippen molar-refractivity contribution in [3.05, 3.63) is 29.3 Å². The molecule has 0 aromatic heterocycles. The molecule has 0 radical (unpaired) electrons. The molecule has 0 bridgehead atoms. The van der Waals surface area contributed by atoms with Gasteiger partial charge in [-0.1, -0.05) is 6.07 Å². The maximum atomic E-state index is 11.7. The number of carbonyl (C=O) groups is 1. The van der Waals surface area contributed by atoms with Crippen LogP contribution in [0.4, 0.5) is 0 Å². The molecule has 0 saturated heterocycles. The van der Waals surface area contributed by atoms with Gasteiger partial charge in [-0.3, -0.25) is 4.79 Å². The maximum absolute atomic E-state index is 11.7. The van der Waals surface area contributed by atoms with E-state index in [-0.39, 0.29) is 11.9 Å². The summed E-state index contributed by atoms with van der Waals surface area (Å²) in [5.41, 5.74) is 2.14. The number of fused-ring (bicyclic) bond motifs is 1. The molecular weight excluding hydrogens is 252 g/mol. The largest absolute Gasteiger partial charge is 0.466 e. The Morgan fingerprint density at radius 2 is 2.28 bits per heavy atom. The van der Waals surface area contributed by atoms with Gasteiger partial charge in [0.1, 0.15) is 0 Å². The number of ether oxygens (including phenoxy) is 1. The number of benzene rings is 1. The first-order valence-electron chi connectivity index (χ1n) is 6.01. The van der Waals surface area contributed by atoms with Gasteiger partial charge in [0.15, 0.2) is 11.1 Å². The molecule has 1 N–H and O–H groups in total. The van der Waals surface area contributed by atoms with Crippen LogP contribution in [0, 0.1) is 5.92 Å². The molecule has 98 valence electrons. The summed E-state index contributed by atoms with van der Waals surface area (Å²) < 4.78 is 25.0. The summed E-state index contributed by atoms with van der Waals surface area (Å²) in [6.07, 6.45) is 2.16. The van der Waals surface area contributed by atoms with Crippen LogP contribution in [0.15, 0.2) is 23.1 Å². The highest BCUT2D eigenvalue weighted by atomic mass is 32.2. The van der Waals surface area contributed by atoms with Crippen molar-refractivity contribution < 1.29 is 18.3 Å². The van der Waals surface area contributed by atoms with E-state index >= 15 is 0 Å². The molecule has 1 aliphatic rings. The van der Waals surface area contributed by atoms with Gasteiger partial charge >= 0.3 is 5.97 Å². The van der Waals surface area contributed by atoms with Gasteiger partial charge in [-0.2, -0.15) is 0 Å². The number of aryl methyl sites for hydroxylation is 1. The molecule has 1 aromatic rings. The normalized spacial score (nSPS) is 20.0. The summed E-state index contributed by atoms with van der Waals surface area (Å²) in [7, 11) is 0.